The predicted octanol–water partition coefficient (Wildman–Crippen LogP) is 2.52. The molecule has 0 aromatic heterocycles. The number of nitrogens with zero attached hydrogens (tertiary/aromatic N) is 1. The summed E-state index contributed by atoms with van der Waals surface area (Å²) in [5, 5.41) is 9.10. The van der Waals surface area contributed by atoms with Gasteiger partial charge in [0.25, 0.3) is 0 Å². The van der Waals surface area contributed by atoms with Crippen LogP contribution >= 0.6 is 0 Å². The maximum Gasteiger partial charge on any atom is 0.413 e. The molecule has 5 nitrogen and oxygen atoms in total. The van der Waals surface area contributed by atoms with E-state index in [4.69, 9.17) is 14.6 Å². The van der Waals surface area contributed by atoms with Crippen molar-refractivity contribution in [1.82, 2.24) is 4.90 Å². The number of benzene rings is 1. The Hall–Kier alpha value is -1.75. The highest BCUT2D eigenvalue weighted by Crippen LogP contribution is 2.25. The molecule has 1 aliphatic heterocycles. The predicted molar refractivity (Wildman–Crippen MR) is 74.3 cm³/mol. The number of carbonyl (C=O) groups is 1. The van der Waals surface area contributed by atoms with Crippen LogP contribution in [0.25, 0.3) is 0 Å². The molecule has 110 valence electrons. The summed E-state index contributed by atoms with van der Waals surface area (Å²) in [6.07, 6.45) is 0.133. The molecule has 1 aromatic rings. The SMILES string of the molecule is CC(C)(C)OC(=O)N1CCC1Oc1cccc(CO)c1. The number of amides is 1. The molecule has 1 aromatic carbocycles. The molecule has 1 atom stereocenters. The van der Waals surface area contributed by atoms with E-state index in [1.165, 1.54) is 0 Å². The van der Waals surface area contributed by atoms with Gasteiger partial charge in [-0.2, -0.15) is 0 Å². The number of hydrogen-bond donors (Lipinski definition) is 1. The molecule has 20 heavy (non-hydrogen) atoms. The number of likely N-dealkylation sites (tertiary alicyclic amines) is 1. The number of carbonyl (C=O) groups excluding carboxylic acids is 1. The molecule has 1 aliphatic rings. The molecule has 1 saturated heterocycles. The number of aliphatic hydroxyl groups excluding tert-OH is 1. The van der Waals surface area contributed by atoms with Crippen LogP contribution in [0.2, 0.25) is 0 Å². The molecule has 1 N–H and O–H groups in total. The van der Waals surface area contributed by atoms with Crippen LogP contribution in [0.15, 0.2) is 24.3 Å². The van der Waals surface area contributed by atoms with Gasteiger partial charge in [0, 0.05) is 13.0 Å². The maximum atomic E-state index is 11.9. The molecule has 0 spiro atoms. The normalized spacial score (nSPS) is 18.4. The summed E-state index contributed by atoms with van der Waals surface area (Å²) < 4.78 is 11.1. The van der Waals surface area contributed by atoms with Crippen LogP contribution in [0.1, 0.15) is 32.8 Å². The Morgan fingerprint density at radius 2 is 2.20 bits per heavy atom. The summed E-state index contributed by atoms with van der Waals surface area (Å²) in [4.78, 5) is 13.5. The van der Waals surface area contributed by atoms with Gasteiger partial charge in [0.15, 0.2) is 6.23 Å². The second kappa shape index (κ2) is 5.71. The molecule has 0 aliphatic carbocycles. The van der Waals surface area contributed by atoms with Gasteiger partial charge in [-0.15, -0.1) is 0 Å². The smallest absolute Gasteiger partial charge is 0.413 e. The van der Waals surface area contributed by atoms with Gasteiger partial charge in [0.05, 0.1) is 6.61 Å². The van der Waals surface area contributed by atoms with Gasteiger partial charge in [0.1, 0.15) is 11.4 Å². The van der Waals surface area contributed by atoms with Crippen molar-refractivity contribution in [3.8, 4) is 5.75 Å². The molecular weight excluding hydrogens is 258 g/mol. The summed E-state index contributed by atoms with van der Waals surface area (Å²) in [5.41, 5.74) is 0.277. The molecule has 5 heteroatoms. The molecule has 1 amide bonds. The molecule has 1 heterocycles. The van der Waals surface area contributed by atoms with Crippen LogP contribution in [-0.2, 0) is 11.3 Å². The molecule has 0 bridgehead atoms. The van der Waals surface area contributed by atoms with Crippen LogP contribution in [0.5, 0.6) is 5.75 Å². The lowest BCUT2D eigenvalue weighted by Gasteiger charge is -2.40. The monoisotopic (exact) mass is 279 g/mol. The molecule has 1 fully saturated rings. The summed E-state index contributed by atoms with van der Waals surface area (Å²) in [6, 6.07) is 7.22. The molecule has 0 saturated carbocycles. The summed E-state index contributed by atoms with van der Waals surface area (Å²) in [7, 11) is 0. The maximum absolute atomic E-state index is 11.9. The van der Waals surface area contributed by atoms with E-state index < -0.39 is 5.60 Å². The Bertz CT molecular complexity index is 481. The lowest BCUT2D eigenvalue weighted by molar-refractivity contribution is -0.0661. The zero-order valence-corrected chi connectivity index (χ0v) is 12.1. The van der Waals surface area contributed by atoms with Gasteiger partial charge in [-0.1, -0.05) is 12.1 Å². The first-order valence-electron chi connectivity index (χ1n) is 6.75. The summed E-state index contributed by atoms with van der Waals surface area (Å²) >= 11 is 0. The van der Waals surface area contributed by atoms with Crippen molar-refractivity contribution in [3.05, 3.63) is 29.8 Å². The van der Waals surface area contributed by atoms with Crippen LogP contribution in [-0.4, -0.2) is 34.5 Å². The standard InChI is InChI=1S/C15H21NO4/c1-15(2,3)20-14(18)16-8-7-13(16)19-12-6-4-5-11(9-12)10-17/h4-6,9,13,17H,7-8,10H2,1-3H3. The van der Waals surface area contributed by atoms with Crippen LogP contribution < -0.4 is 4.74 Å². The highest BCUT2D eigenvalue weighted by Gasteiger charge is 2.36. The number of hydrogen-bond acceptors (Lipinski definition) is 4. The highest BCUT2D eigenvalue weighted by molar-refractivity contribution is 5.69. The Morgan fingerprint density at radius 3 is 2.75 bits per heavy atom. The highest BCUT2D eigenvalue weighted by atomic mass is 16.6. The first kappa shape index (κ1) is 14.7. The molecule has 1 unspecified atom stereocenters. The van der Waals surface area contributed by atoms with Crippen LogP contribution in [0, 0.1) is 0 Å². The van der Waals surface area contributed by atoms with E-state index in [1.807, 2.05) is 39.0 Å². The largest absolute Gasteiger partial charge is 0.470 e. The van der Waals surface area contributed by atoms with Gasteiger partial charge in [-0.05, 0) is 38.5 Å². The fourth-order valence-electron chi connectivity index (χ4n) is 1.89. The van der Waals surface area contributed by atoms with Crippen molar-refractivity contribution in [2.24, 2.45) is 0 Å². The van der Waals surface area contributed by atoms with Gasteiger partial charge >= 0.3 is 6.09 Å². The minimum absolute atomic E-state index is 0.0301. The zero-order valence-electron chi connectivity index (χ0n) is 12.1. The van der Waals surface area contributed by atoms with E-state index in [9.17, 15) is 4.79 Å². The Balaban J connectivity index is 1.95. The van der Waals surface area contributed by atoms with Crippen molar-refractivity contribution in [1.29, 1.82) is 0 Å². The second-order valence-electron chi connectivity index (χ2n) is 5.84. The van der Waals surface area contributed by atoms with Gasteiger partial charge < -0.3 is 14.6 Å². The lowest BCUT2D eigenvalue weighted by atomic mass is 10.1. The lowest BCUT2D eigenvalue weighted by Crippen LogP contribution is -2.55. The average molecular weight is 279 g/mol. The quantitative estimate of drug-likeness (QED) is 0.923. The fraction of sp³-hybridized carbons (Fsp3) is 0.533. The topological polar surface area (TPSA) is 59.0 Å². The molecular formula is C15H21NO4. The van der Waals surface area contributed by atoms with E-state index in [-0.39, 0.29) is 18.9 Å². The first-order valence-corrected chi connectivity index (χ1v) is 6.75. The molecule has 2 rings (SSSR count). The van der Waals surface area contributed by atoms with Gasteiger partial charge in [0.2, 0.25) is 0 Å². The fourth-order valence-corrected chi connectivity index (χ4v) is 1.89. The average Bonchev–Trinajstić information content (AvgIpc) is 2.32. The first-order chi connectivity index (χ1) is 9.39. The van der Waals surface area contributed by atoms with Crippen molar-refractivity contribution < 1.29 is 19.4 Å². The van der Waals surface area contributed by atoms with Crippen LogP contribution in [0.3, 0.4) is 0 Å². The summed E-state index contributed by atoms with van der Waals surface area (Å²) in [5.74, 6) is 0.648. The Labute approximate surface area is 119 Å². The van der Waals surface area contributed by atoms with Gasteiger partial charge in [-0.25, -0.2) is 4.79 Å². The third-order valence-corrected chi connectivity index (χ3v) is 2.95. The van der Waals surface area contributed by atoms with E-state index in [1.54, 1.807) is 11.0 Å². The van der Waals surface area contributed by atoms with Crippen molar-refractivity contribution in [3.63, 3.8) is 0 Å². The van der Waals surface area contributed by atoms with E-state index in [0.29, 0.717) is 12.3 Å². The van der Waals surface area contributed by atoms with Gasteiger partial charge in [-0.3, -0.25) is 4.90 Å². The third-order valence-electron chi connectivity index (χ3n) is 2.95. The van der Waals surface area contributed by atoms with E-state index in [2.05, 4.69) is 0 Å². The molecule has 0 radical (unpaired) electrons. The van der Waals surface area contributed by atoms with Crippen molar-refractivity contribution in [2.45, 2.75) is 45.6 Å². The van der Waals surface area contributed by atoms with Crippen molar-refractivity contribution >= 4 is 6.09 Å². The number of aliphatic hydroxyl groups is 1. The van der Waals surface area contributed by atoms with Crippen molar-refractivity contribution in [2.75, 3.05) is 6.54 Å². The number of rotatable bonds is 3. The Kier molecular flexibility index (Phi) is 4.18. The Morgan fingerprint density at radius 1 is 1.45 bits per heavy atom. The minimum Gasteiger partial charge on any atom is -0.470 e. The third kappa shape index (κ3) is 3.63. The number of ether oxygens (including phenoxy) is 2. The zero-order chi connectivity index (χ0) is 14.8. The summed E-state index contributed by atoms with van der Waals surface area (Å²) in [6.45, 7) is 6.12. The minimum atomic E-state index is -0.506. The van der Waals surface area contributed by atoms with E-state index >= 15 is 0 Å². The van der Waals surface area contributed by atoms with E-state index in [0.717, 1.165) is 12.0 Å². The van der Waals surface area contributed by atoms with Crippen LogP contribution in [0.4, 0.5) is 4.79 Å². The second-order valence-corrected chi connectivity index (χ2v) is 5.84.